The summed E-state index contributed by atoms with van der Waals surface area (Å²) >= 11 is 1.38. The Morgan fingerprint density at radius 1 is 1.24 bits per heavy atom. The molecule has 0 aliphatic carbocycles. The van der Waals surface area contributed by atoms with Gasteiger partial charge in [-0.1, -0.05) is 42.1 Å². The van der Waals surface area contributed by atoms with Gasteiger partial charge in [0, 0.05) is 13.6 Å². The van der Waals surface area contributed by atoms with E-state index in [2.05, 4.69) is 27.6 Å². The van der Waals surface area contributed by atoms with Crippen LogP contribution in [0.4, 0.5) is 0 Å². The van der Waals surface area contributed by atoms with Gasteiger partial charge in [-0.15, -0.1) is 10.2 Å². The van der Waals surface area contributed by atoms with Crippen LogP contribution in [0.2, 0.25) is 0 Å². The Hall–Kier alpha value is -2.54. The smallest absolute Gasteiger partial charge is 0.233 e. The molecule has 0 unspecified atom stereocenters. The van der Waals surface area contributed by atoms with E-state index in [0.29, 0.717) is 23.3 Å². The molecule has 7 heteroatoms. The van der Waals surface area contributed by atoms with Crippen LogP contribution in [0.1, 0.15) is 12.5 Å². The van der Waals surface area contributed by atoms with E-state index in [0.717, 1.165) is 6.42 Å². The number of aromatic nitrogens is 3. The molecule has 0 saturated heterocycles. The van der Waals surface area contributed by atoms with Crippen molar-refractivity contribution in [3.63, 3.8) is 0 Å². The first-order valence-corrected chi connectivity index (χ1v) is 8.94. The normalized spacial score (nSPS) is 12.1. The van der Waals surface area contributed by atoms with Crippen LogP contribution in [0.3, 0.4) is 0 Å². The van der Waals surface area contributed by atoms with E-state index in [9.17, 15) is 4.79 Å². The molecule has 6 nitrogen and oxygen atoms in total. The number of carbonyl (C=O) groups excluding carboxylic acids is 1. The van der Waals surface area contributed by atoms with Crippen LogP contribution in [0.5, 0.6) is 0 Å². The molecule has 2 heterocycles. The first-order chi connectivity index (χ1) is 12.1. The molecular weight excluding hydrogens is 336 g/mol. The Bertz CT molecular complexity index is 815. The number of thioether (sulfide) groups is 1. The SMILES string of the molecule is C[C@@H](Sc1nnc(-c2ccco2)n1C)C(=O)NCCc1ccccc1. The van der Waals surface area contributed by atoms with Crippen molar-refractivity contribution < 1.29 is 9.21 Å². The number of benzene rings is 1. The summed E-state index contributed by atoms with van der Waals surface area (Å²) in [5.41, 5.74) is 1.21. The Balaban J connectivity index is 1.53. The van der Waals surface area contributed by atoms with E-state index in [1.54, 1.807) is 12.3 Å². The van der Waals surface area contributed by atoms with E-state index < -0.39 is 0 Å². The molecule has 0 aliphatic heterocycles. The van der Waals surface area contributed by atoms with Crippen LogP contribution in [0.25, 0.3) is 11.6 Å². The number of amides is 1. The van der Waals surface area contributed by atoms with Crippen molar-refractivity contribution >= 4 is 17.7 Å². The monoisotopic (exact) mass is 356 g/mol. The summed E-state index contributed by atoms with van der Waals surface area (Å²) in [5.74, 6) is 1.29. The first-order valence-electron chi connectivity index (χ1n) is 8.06. The van der Waals surface area contributed by atoms with Gasteiger partial charge in [-0.25, -0.2) is 0 Å². The lowest BCUT2D eigenvalue weighted by Gasteiger charge is -2.11. The molecule has 0 saturated carbocycles. The van der Waals surface area contributed by atoms with Gasteiger partial charge in [-0.2, -0.15) is 0 Å². The third kappa shape index (κ3) is 4.30. The highest BCUT2D eigenvalue weighted by Gasteiger charge is 2.19. The lowest BCUT2D eigenvalue weighted by Crippen LogP contribution is -2.32. The predicted octanol–water partition coefficient (Wildman–Crippen LogP) is 2.91. The van der Waals surface area contributed by atoms with Crippen molar-refractivity contribution in [3.8, 4) is 11.6 Å². The molecule has 1 N–H and O–H groups in total. The lowest BCUT2D eigenvalue weighted by molar-refractivity contribution is -0.120. The van der Waals surface area contributed by atoms with Gasteiger partial charge < -0.3 is 14.3 Å². The fourth-order valence-electron chi connectivity index (χ4n) is 2.37. The van der Waals surface area contributed by atoms with Crippen LogP contribution in [-0.2, 0) is 18.3 Å². The van der Waals surface area contributed by atoms with Crippen LogP contribution in [-0.4, -0.2) is 32.5 Å². The third-order valence-electron chi connectivity index (χ3n) is 3.78. The second-order valence-electron chi connectivity index (χ2n) is 5.63. The summed E-state index contributed by atoms with van der Waals surface area (Å²) in [6.07, 6.45) is 2.41. The van der Waals surface area contributed by atoms with Crippen molar-refractivity contribution in [2.45, 2.75) is 23.8 Å². The minimum absolute atomic E-state index is 0.0107. The third-order valence-corrected chi connectivity index (χ3v) is 4.92. The molecule has 0 spiro atoms. The second kappa shape index (κ2) is 8.02. The summed E-state index contributed by atoms with van der Waals surface area (Å²) < 4.78 is 7.18. The van der Waals surface area contributed by atoms with E-state index >= 15 is 0 Å². The first kappa shape index (κ1) is 17.3. The molecule has 1 amide bonds. The minimum atomic E-state index is -0.261. The number of hydrogen-bond acceptors (Lipinski definition) is 5. The fraction of sp³-hybridized carbons (Fsp3) is 0.278. The zero-order valence-electron chi connectivity index (χ0n) is 14.2. The highest BCUT2D eigenvalue weighted by Crippen LogP contribution is 2.25. The largest absolute Gasteiger partial charge is 0.461 e. The van der Waals surface area contributed by atoms with Crippen molar-refractivity contribution in [1.29, 1.82) is 0 Å². The Labute approximate surface area is 150 Å². The van der Waals surface area contributed by atoms with E-state index in [4.69, 9.17) is 4.42 Å². The van der Waals surface area contributed by atoms with Gasteiger partial charge >= 0.3 is 0 Å². The van der Waals surface area contributed by atoms with Crippen molar-refractivity contribution in [2.75, 3.05) is 6.54 Å². The second-order valence-corrected chi connectivity index (χ2v) is 6.94. The van der Waals surface area contributed by atoms with Crippen molar-refractivity contribution in [3.05, 3.63) is 54.3 Å². The number of carbonyl (C=O) groups is 1. The highest BCUT2D eigenvalue weighted by atomic mass is 32.2. The molecule has 0 radical (unpaired) electrons. The molecule has 1 atom stereocenters. The van der Waals surface area contributed by atoms with Crippen LogP contribution in [0, 0.1) is 0 Å². The van der Waals surface area contributed by atoms with Gasteiger partial charge in [0.1, 0.15) is 0 Å². The Morgan fingerprint density at radius 2 is 2.04 bits per heavy atom. The molecule has 1 aromatic carbocycles. The minimum Gasteiger partial charge on any atom is -0.461 e. The Morgan fingerprint density at radius 3 is 2.76 bits per heavy atom. The molecule has 130 valence electrons. The zero-order chi connectivity index (χ0) is 17.6. The van der Waals surface area contributed by atoms with E-state index in [-0.39, 0.29) is 11.2 Å². The molecule has 0 fully saturated rings. The predicted molar refractivity (Wildman–Crippen MR) is 97.2 cm³/mol. The van der Waals surface area contributed by atoms with E-state index in [1.165, 1.54) is 17.3 Å². The highest BCUT2D eigenvalue weighted by molar-refractivity contribution is 8.00. The Kier molecular flexibility index (Phi) is 5.55. The number of hydrogen-bond donors (Lipinski definition) is 1. The quantitative estimate of drug-likeness (QED) is 0.659. The average molecular weight is 356 g/mol. The number of furan rings is 1. The van der Waals surface area contributed by atoms with Gasteiger partial charge in [0.15, 0.2) is 16.7 Å². The van der Waals surface area contributed by atoms with Gasteiger partial charge in [0.25, 0.3) is 0 Å². The van der Waals surface area contributed by atoms with Crippen molar-refractivity contribution in [2.24, 2.45) is 7.05 Å². The standard InChI is InChI=1S/C18H20N4O2S/c1-13(17(23)19-11-10-14-7-4-3-5-8-14)25-18-21-20-16(22(18)2)15-9-6-12-24-15/h3-9,12-13H,10-11H2,1-2H3,(H,19,23)/t13-/m1/s1. The topological polar surface area (TPSA) is 73.0 Å². The zero-order valence-corrected chi connectivity index (χ0v) is 15.0. The van der Waals surface area contributed by atoms with Crippen LogP contribution < -0.4 is 5.32 Å². The summed E-state index contributed by atoms with van der Waals surface area (Å²) in [6.45, 7) is 2.48. The van der Waals surface area contributed by atoms with Gasteiger partial charge in [-0.3, -0.25) is 4.79 Å². The number of rotatable bonds is 7. The fourth-order valence-corrected chi connectivity index (χ4v) is 3.21. The molecule has 3 aromatic rings. The van der Waals surface area contributed by atoms with Gasteiger partial charge in [-0.05, 0) is 31.0 Å². The van der Waals surface area contributed by atoms with Crippen molar-refractivity contribution in [1.82, 2.24) is 20.1 Å². The molecule has 25 heavy (non-hydrogen) atoms. The van der Waals surface area contributed by atoms with Gasteiger partial charge in [0.05, 0.1) is 11.5 Å². The maximum absolute atomic E-state index is 12.3. The number of nitrogens with one attached hydrogen (secondary N) is 1. The molecule has 2 aromatic heterocycles. The molecule has 3 rings (SSSR count). The summed E-state index contributed by atoms with van der Waals surface area (Å²) in [7, 11) is 1.86. The van der Waals surface area contributed by atoms with Gasteiger partial charge in [0.2, 0.25) is 5.91 Å². The summed E-state index contributed by atoms with van der Waals surface area (Å²) in [6, 6.07) is 13.7. The summed E-state index contributed by atoms with van der Waals surface area (Å²) in [4.78, 5) is 12.3. The molecule has 0 bridgehead atoms. The molecular formula is C18H20N4O2S. The maximum Gasteiger partial charge on any atom is 0.233 e. The van der Waals surface area contributed by atoms with E-state index in [1.807, 2.05) is 42.8 Å². The lowest BCUT2D eigenvalue weighted by atomic mass is 10.1. The average Bonchev–Trinajstić information content (AvgIpc) is 3.26. The van der Waals surface area contributed by atoms with Crippen LogP contribution >= 0.6 is 11.8 Å². The molecule has 0 aliphatic rings. The van der Waals surface area contributed by atoms with Crippen LogP contribution in [0.15, 0.2) is 58.3 Å². The number of nitrogens with zero attached hydrogens (tertiary/aromatic N) is 3. The maximum atomic E-state index is 12.3. The summed E-state index contributed by atoms with van der Waals surface area (Å²) in [5, 5.41) is 11.7.